The molecule has 2 rings (SSSR count). The van der Waals surface area contributed by atoms with Gasteiger partial charge in [0.05, 0.1) is 6.54 Å². The zero-order valence-corrected chi connectivity index (χ0v) is 11.2. The molecule has 1 aromatic rings. The lowest BCUT2D eigenvalue weighted by Gasteiger charge is -2.17. The minimum absolute atomic E-state index is 0.0854. The van der Waals surface area contributed by atoms with Gasteiger partial charge < -0.3 is 10.6 Å². The summed E-state index contributed by atoms with van der Waals surface area (Å²) in [5.41, 5.74) is 0. The topological polar surface area (TPSA) is 41.1 Å². The van der Waals surface area contributed by atoms with Crippen LogP contribution in [0.2, 0.25) is 0 Å². The largest absolute Gasteiger partial charge is 0.353 e. The quantitative estimate of drug-likeness (QED) is 0.816. The van der Waals surface area contributed by atoms with Gasteiger partial charge in [-0.05, 0) is 44.1 Å². The number of amides is 1. The molecule has 0 spiro atoms. The Morgan fingerprint density at radius 3 is 2.82 bits per heavy atom. The lowest BCUT2D eigenvalue weighted by Crippen LogP contribution is -2.39. The van der Waals surface area contributed by atoms with Gasteiger partial charge in [0, 0.05) is 17.0 Å². The van der Waals surface area contributed by atoms with Crippen molar-refractivity contribution in [2.75, 3.05) is 6.54 Å². The van der Waals surface area contributed by atoms with Crippen LogP contribution in [0, 0.1) is 5.92 Å². The van der Waals surface area contributed by atoms with E-state index in [1.54, 1.807) is 11.3 Å². The standard InChI is InChI=1S/C13H20N2OS/c1-9(2)15-12(16)8-14-13(10-5-6-10)11-4-3-7-17-11/h3-4,7,9-10,13-14H,5-6,8H2,1-2H3,(H,15,16)/t13-/m0/s1. The molecule has 17 heavy (non-hydrogen) atoms. The van der Waals surface area contributed by atoms with Gasteiger partial charge in [0.25, 0.3) is 0 Å². The van der Waals surface area contributed by atoms with Gasteiger partial charge in [-0.15, -0.1) is 11.3 Å². The number of carbonyl (C=O) groups is 1. The molecule has 1 heterocycles. The average molecular weight is 252 g/mol. The average Bonchev–Trinajstić information content (AvgIpc) is 2.93. The number of thiophene rings is 1. The number of carbonyl (C=O) groups excluding carboxylic acids is 1. The van der Waals surface area contributed by atoms with E-state index in [0.717, 1.165) is 5.92 Å². The zero-order valence-electron chi connectivity index (χ0n) is 10.4. The van der Waals surface area contributed by atoms with Crippen LogP contribution in [0.4, 0.5) is 0 Å². The fraction of sp³-hybridized carbons (Fsp3) is 0.615. The minimum Gasteiger partial charge on any atom is -0.353 e. The molecule has 2 N–H and O–H groups in total. The van der Waals surface area contributed by atoms with Gasteiger partial charge >= 0.3 is 0 Å². The molecule has 94 valence electrons. The highest BCUT2D eigenvalue weighted by atomic mass is 32.1. The summed E-state index contributed by atoms with van der Waals surface area (Å²) in [7, 11) is 0. The van der Waals surface area contributed by atoms with Gasteiger partial charge in [-0.2, -0.15) is 0 Å². The molecule has 0 bridgehead atoms. The Hall–Kier alpha value is -0.870. The minimum atomic E-state index is 0.0854. The maximum atomic E-state index is 11.6. The van der Waals surface area contributed by atoms with Crippen molar-refractivity contribution in [1.29, 1.82) is 0 Å². The maximum absolute atomic E-state index is 11.6. The molecule has 0 aliphatic heterocycles. The van der Waals surface area contributed by atoms with Gasteiger partial charge in [0.1, 0.15) is 0 Å². The van der Waals surface area contributed by atoms with E-state index in [9.17, 15) is 4.79 Å². The van der Waals surface area contributed by atoms with E-state index in [1.165, 1.54) is 17.7 Å². The van der Waals surface area contributed by atoms with E-state index in [4.69, 9.17) is 0 Å². The van der Waals surface area contributed by atoms with Crippen LogP contribution >= 0.6 is 11.3 Å². The molecule has 1 aliphatic rings. The molecule has 1 saturated carbocycles. The summed E-state index contributed by atoms with van der Waals surface area (Å²) < 4.78 is 0. The number of rotatable bonds is 6. The number of hydrogen-bond acceptors (Lipinski definition) is 3. The Balaban J connectivity index is 1.85. The summed E-state index contributed by atoms with van der Waals surface area (Å²) in [4.78, 5) is 13.0. The normalized spacial score (nSPS) is 17.1. The van der Waals surface area contributed by atoms with E-state index in [0.29, 0.717) is 12.6 Å². The summed E-state index contributed by atoms with van der Waals surface area (Å²) in [6, 6.07) is 4.81. The molecule has 3 nitrogen and oxygen atoms in total. The second-order valence-corrected chi connectivity index (χ2v) is 5.91. The monoisotopic (exact) mass is 252 g/mol. The Bertz CT molecular complexity index is 358. The molecule has 1 fully saturated rings. The highest BCUT2D eigenvalue weighted by Crippen LogP contribution is 2.42. The lowest BCUT2D eigenvalue weighted by molar-refractivity contribution is -0.120. The number of nitrogens with one attached hydrogen (secondary N) is 2. The fourth-order valence-electron chi connectivity index (χ4n) is 1.97. The Labute approximate surface area is 107 Å². The highest BCUT2D eigenvalue weighted by molar-refractivity contribution is 7.10. The Morgan fingerprint density at radius 2 is 2.29 bits per heavy atom. The van der Waals surface area contributed by atoms with Crippen molar-refractivity contribution in [1.82, 2.24) is 10.6 Å². The third-order valence-electron chi connectivity index (χ3n) is 2.88. The molecule has 4 heteroatoms. The molecule has 0 unspecified atom stereocenters. The van der Waals surface area contributed by atoms with E-state index < -0.39 is 0 Å². The van der Waals surface area contributed by atoms with Gasteiger partial charge in [0.2, 0.25) is 5.91 Å². The van der Waals surface area contributed by atoms with Crippen LogP contribution in [-0.4, -0.2) is 18.5 Å². The van der Waals surface area contributed by atoms with Gasteiger partial charge in [-0.3, -0.25) is 4.79 Å². The summed E-state index contributed by atoms with van der Waals surface area (Å²) >= 11 is 1.77. The van der Waals surface area contributed by atoms with Gasteiger partial charge in [-0.1, -0.05) is 6.07 Å². The maximum Gasteiger partial charge on any atom is 0.234 e. The molecular weight excluding hydrogens is 232 g/mol. The first-order valence-corrected chi connectivity index (χ1v) is 7.11. The van der Waals surface area contributed by atoms with Crippen LogP contribution in [0.3, 0.4) is 0 Å². The predicted octanol–water partition coefficient (Wildman–Crippen LogP) is 2.31. The molecular formula is C13H20N2OS. The van der Waals surface area contributed by atoms with Crippen LogP contribution in [-0.2, 0) is 4.79 Å². The van der Waals surface area contributed by atoms with Crippen molar-refractivity contribution in [3.63, 3.8) is 0 Å². The molecule has 1 aliphatic carbocycles. The first-order chi connectivity index (χ1) is 8.16. The van der Waals surface area contributed by atoms with Gasteiger partial charge in [0.15, 0.2) is 0 Å². The second-order valence-electron chi connectivity index (χ2n) is 4.93. The smallest absolute Gasteiger partial charge is 0.234 e. The van der Waals surface area contributed by atoms with E-state index in [1.807, 2.05) is 13.8 Å². The summed E-state index contributed by atoms with van der Waals surface area (Å²) in [6.45, 7) is 4.38. The van der Waals surface area contributed by atoms with E-state index >= 15 is 0 Å². The first kappa shape index (κ1) is 12.6. The molecule has 1 aromatic heterocycles. The highest BCUT2D eigenvalue weighted by Gasteiger charge is 2.32. The molecule has 0 radical (unpaired) electrons. The predicted molar refractivity (Wildman–Crippen MR) is 71.1 cm³/mol. The molecule has 1 amide bonds. The van der Waals surface area contributed by atoms with Crippen molar-refractivity contribution >= 4 is 17.2 Å². The lowest BCUT2D eigenvalue weighted by atomic mass is 10.1. The van der Waals surface area contributed by atoms with Crippen molar-refractivity contribution in [2.24, 2.45) is 5.92 Å². The van der Waals surface area contributed by atoms with E-state index in [2.05, 4.69) is 28.1 Å². The third-order valence-corrected chi connectivity index (χ3v) is 3.83. The van der Waals surface area contributed by atoms with Crippen molar-refractivity contribution in [2.45, 2.75) is 38.8 Å². The Kier molecular flexibility index (Phi) is 4.18. The molecule has 0 aromatic carbocycles. The van der Waals surface area contributed by atoms with Crippen LogP contribution in [0.15, 0.2) is 17.5 Å². The molecule has 0 saturated heterocycles. The number of hydrogen-bond donors (Lipinski definition) is 2. The second kappa shape index (κ2) is 5.65. The van der Waals surface area contributed by atoms with E-state index in [-0.39, 0.29) is 11.9 Å². The van der Waals surface area contributed by atoms with Crippen LogP contribution in [0.25, 0.3) is 0 Å². The SMILES string of the molecule is CC(C)NC(=O)CN[C@H](c1cccs1)C1CC1. The fourth-order valence-corrected chi connectivity index (χ4v) is 2.87. The zero-order chi connectivity index (χ0) is 12.3. The van der Waals surface area contributed by atoms with Crippen LogP contribution < -0.4 is 10.6 Å². The van der Waals surface area contributed by atoms with Gasteiger partial charge in [-0.25, -0.2) is 0 Å². The summed E-state index contributed by atoms with van der Waals surface area (Å²) in [5, 5.41) is 8.39. The van der Waals surface area contributed by atoms with Crippen LogP contribution in [0.5, 0.6) is 0 Å². The van der Waals surface area contributed by atoms with Crippen LogP contribution in [0.1, 0.15) is 37.6 Å². The summed E-state index contributed by atoms with van der Waals surface area (Å²) in [6.07, 6.45) is 2.56. The Morgan fingerprint density at radius 1 is 1.53 bits per heavy atom. The first-order valence-electron chi connectivity index (χ1n) is 6.23. The van der Waals surface area contributed by atoms with Crippen molar-refractivity contribution in [3.8, 4) is 0 Å². The third kappa shape index (κ3) is 3.82. The van der Waals surface area contributed by atoms with Crippen molar-refractivity contribution in [3.05, 3.63) is 22.4 Å². The summed E-state index contributed by atoms with van der Waals surface area (Å²) in [5.74, 6) is 0.808. The molecule has 1 atom stereocenters. The van der Waals surface area contributed by atoms with Crippen molar-refractivity contribution < 1.29 is 4.79 Å².